The molecule has 106 valence electrons. The summed E-state index contributed by atoms with van der Waals surface area (Å²) in [6.07, 6.45) is 5.14. The predicted molar refractivity (Wildman–Crippen MR) is 78.9 cm³/mol. The number of nitrogens with one attached hydrogen (secondary N) is 1. The van der Waals surface area contributed by atoms with Gasteiger partial charge in [-0.1, -0.05) is 39.0 Å². The van der Waals surface area contributed by atoms with E-state index < -0.39 is 5.41 Å². The highest BCUT2D eigenvalue weighted by atomic mass is 16.1. The summed E-state index contributed by atoms with van der Waals surface area (Å²) in [6.45, 7) is 14.7. The minimum Gasteiger partial charge on any atom is -0.371 e. The lowest BCUT2D eigenvalue weighted by molar-refractivity contribution is -0.114. The van der Waals surface area contributed by atoms with Crippen molar-refractivity contribution >= 4 is 6.29 Å². The molecule has 3 nitrogen and oxygen atoms in total. The van der Waals surface area contributed by atoms with Crippen LogP contribution in [0.25, 0.3) is 0 Å². The van der Waals surface area contributed by atoms with E-state index >= 15 is 0 Å². The van der Waals surface area contributed by atoms with Gasteiger partial charge in [-0.25, -0.2) is 0 Å². The third-order valence-electron chi connectivity index (χ3n) is 4.50. The van der Waals surface area contributed by atoms with Gasteiger partial charge in [0.2, 0.25) is 0 Å². The van der Waals surface area contributed by atoms with Crippen molar-refractivity contribution in [1.29, 1.82) is 0 Å². The Morgan fingerprint density at radius 3 is 2.58 bits per heavy atom. The molecule has 1 fully saturated rings. The Kier molecular flexibility index (Phi) is 3.86. The summed E-state index contributed by atoms with van der Waals surface area (Å²) < 4.78 is 0. The van der Waals surface area contributed by atoms with Gasteiger partial charge in [0.05, 0.1) is 5.41 Å². The molecule has 1 heterocycles. The van der Waals surface area contributed by atoms with Crippen LogP contribution < -0.4 is 5.32 Å². The highest BCUT2D eigenvalue weighted by molar-refractivity contribution is 5.71. The Morgan fingerprint density at radius 1 is 1.42 bits per heavy atom. The molecule has 1 aliphatic heterocycles. The van der Waals surface area contributed by atoms with Crippen molar-refractivity contribution in [2.75, 3.05) is 26.2 Å². The fourth-order valence-corrected chi connectivity index (χ4v) is 3.38. The maximum absolute atomic E-state index is 11.8. The molecule has 0 radical (unpaired) electrons. The maximum atomic E-state index is 11.8. The van der Waals surface area contributed by atoms with Crippen LogP contribution in [0.3, 0.4) is 0 Å². The summed E-state index contributed by atoms with van der Waals surface area (Å²) >= 11 is 0. The lowest BCUT2D eigenvalue weighted by Crippen LogP contribution is -2.49. The van der Waals surface area contributed by atoms with Crippen LogP contribution in [0.1, 0.15) is 33.6 Å². The van der Waals surface area contributed by atoms with Crippen LogP contribution in [0.4, 0.5) is 0 Å². The zero-order valence-corrected chi connectivity index (χ0v) is 12.5. The van der Waals surface area contributed by atoms with E-state index in [1.54, 1.807) is 0 Å². The van der Waals surface area contributed by atoms with Crippen LogP contribution in [0.5, 0.6) is 0 Å². The van der Waals surface area contributed by atoms with E-state index in [4.69, 9.17) is 0 Å². The molecule has 2 aliphatic rings. The van der Waals surface area contributed by atoms with Crippen LogP contribution in [0, 0.1) is 10.8 Å². The van der Waals surface area contributed by atoms with E-state index in [9.17, 15) is 4.79 Å². The van der Waals surface area contributed by atoms with Gasteiger partial charge in [-0.3, -0.25) is 0 Å². The molecule has 1 atom stereocenters. The van der Waals surface area contributed by atoms with Crippen molar-refractivity contribution in [2.24, 2.45) is 10.8 Å². The zero-order valence-electron chi connectivity index (χ0n) is 12.5. The fourth-order valence-electron chi connectivity index (χ4n) is 3.38. The molecule has 3 heteroatoms. The Bertz CT molecular complexity index is 405. The van der Waals surface area contributed by atoms with Gasteiger partial charge in [-0.15, -0.1) is 0 Å². The molecular weight excluding hydrogens is 236 g/mol. The summed E-state index contributed by atoms with van der Waals surface area (Å²) in [5.41, 5.74) is 1.89. The van der Waals surface area contributed by atoms with Crippen molar-refractivity contribution in [3.63, 3.8) is 0 Å². The van der Waals surface area contributed by atoms with Gasteiger partial charge >= 0.3 is 0 Å². The third kappa shape index (κ3) is 2.48. The first-order valence-corrected chi connectivity index (χ1v) is 7.29. The maximum Gasteiger partial charge on any atom is 0.136 e. The molecule has 0 saturated carbocycles. The monoisotopic (exact) mass is 262 g/mol. The molecule has 1 N–H and O–H groups in total. The standard InChI is InChI=1S/C16H26N2O/c1-5-16(12-19)13(2)10-15(3,4)11-14(16)18-8-6-17-7-9-18/h11-12,17H,2,5-10H2,1,3-4H3. The van der Waals surface area contributed by atoms with E-state index in [1.807, 2.05) is 0 Å². The van der Waals surface area contributed by atoms with Gasteiger partial charge < -0.3 is 15.0 Å². The molecule has 0 bridgehead atoms. The van der Waals surface area contributed by atoms with Crippen LogP contribution in [-0.4, -0.2) is 37.4 Å². The second-order valence-corrected chi connectivity index (χ2v) is 6.48. The number of piperazine rings is 1. The van der Waals surface area contributed by atoms with Crippen LogP contribution in [0.15, 0.2) is 23.9 Å². The average Bonchev–Trinajstić information content (AvgIpc) is 2.39. The number of aldehydes is 1. The van der Waals surface area contributed by atoms with Gasteiger partial charge in [-0.05, 0) is 18.3 Å². The number of allylic oxidation sites excluding steroid dienone is 2. The molecule has 0 amide bonds. The normalized spacial score (nSPS) is 31.0. The van der Waals surface area contributed by atoms with Crippen LogP contribution >= 0.6 is 0 Å². The summed E-state index contributed by atoms with van der Waals surface area (Å²) in [4.78, 5) is 14.2. The Labute approximate surface area is 116 Å². The van der Waals surface area contributed by atoms with Gasteiger partial charge in [0.25, 0.3) is 0 Å². The number of carbonyl (C=O) groups excluding carboxylic acids is 1. The zero-order chi connectivity index (χ0) is 14.1. The second kappa shape index (κ2) is 5.12. The number of hydrogen-bond acceptors (Lipinski definition) is 3. The first-order chi connectivity index (χ1) is 8.95. The molecule has 0 aromatic heterocycles. The molecule has 0 spiro atoms. The van der Waals surface area contributed by atoms with Gasteiger partial charge in [0, 0.05) is 31.9 Å². The quantitative estimate of drug-likeness (QED) is 0.626. The third-order valence-corrected chi connectivity index (χ3v) is 4.50. The van der Waals surface area contributed by atoms with Crippen molar-refractivity contribution < 1.29 is 4.79 Å². The Morgan fingerprint density at radius 2 is 2.05 bits per heavy atom. The average molecular weight is 262 g/mol. The minimum absolute atomic E-state index is 0.0962. The van der Waals surface area contributed by atoms with Crippen molar-refractivity contribution in [2.45, 2.75) is 33.6 Å². The predicted octanol–water partition coefficient (Wildman–Crippen LogP) is 2.36. The van der Waals surface area contributed by atoms with Crippen LogP contribution in [0.2, 0.25) is 0 Å². The van der Waals surface area contributed by atoms with Gasteiger partial charge in [0.15, 0.2) is 0 Å². The first kappa shape index (κ1) is 14.3. The van der Waals surface area contributed by atoms with E-state index in [-0.39, 0.29) is 5.41 Å². The summed E-state index contributed by atoms with van der Waals surface area (Å²) in [5.74, 6) is 0. The van der Waals surface area contributed by atoms with E-state index in [1.165, 1.54) is 5.70 Å². The smallest absolute Gasteiger partial charge is 0.136 e. The second-order valence-electron chi connectivity index (χ2n) is 6.48. The van der Waals surface area contributed by atoms with Gasteiger partial charge in [0.1, 0.15) is 6.29 Å². The molecule has 0 aromatic rings. The molecule has 2 rings (SSSR count). The molecule has 1 unspecified atom stereocenters. The summed E-state index contributed by atoms with van der Waals surface area (Å²) in [7, 11) is 0. The van der Waals surface area contributed by atoms with E-state index in [0.29, 0.717) is 0 Å². The molecule has 1 saturated heterocycles. The Hall–Kier alpha value is -1.09. The molecule has 1 aliphatic carbocycles. The summed E-state index contributed by atoms with van der Waals surface area (Å²) in [5, 5.41) is 3.37. The fraction of sp³-hybridized carbons (Fsp3) is 0.688. The van der Waals surface area contributed by atoms with Crippen molar-refractivity contribution in [3.8, 4) is 0 Å². The molecule has 0 aromatic carbocycles. The summed E-state index contributed by atoms with van der Waals surface area (Å²) in [6, 6.07) is 0. The minimum atomic E-state index is -0.465. The topological polar surface area (TPSA) is 32.3 Å². The van der Waals surface area contributed by atoms with E-state index in [2.05, 4.69) is 43.6 Å². The molecular formula is C16H26N2O. The lowest BCUT2D eigenvalue weighted by Gasteiger charge is -2.47. The lowest BCUT2D eigenvalue weighted by atomic mass is 9.64. The van der Waals surface area contributed by atoms with E-state index in [0.717, 1.165) is 50.9 Å². The Balaban J connectivity index is 2.45. The van der Waals surface area contributed by atoms with Crippen LogP contribution in [-0.2, 0) is 4.79 Å². The highest BCUT2D eigenvalue weighted by Gasteiger charge is 2.44. The number of hydrogen-bond donors (Lipinski definition) is 1. The number of carbonyl (C=O) groups is 1. The van der Waals surface area contributed by atoms with Gasteiger partial charge in [-0.2, -0.15) is 0 Å². The highest BCUT2D eigenvalue weighted by Crippen LogP contribution is 2.49. The largest absolute Gasteiger partial charge is 0.371 e. The number of nitrogens with zero attached hydrogens (tertiary/aromatic N) is 1. The number of rotatable bonds is 3. The first-order valence-electron chi connectivity index (χ1n) is 7.29. The SMILES string of the molecule is C=C1CC(C)(C)C=C(N2CCNCC2)C1(C=O)CC. The molecule has 19 heavy (non-hydrogen) atoms. The van der Waals surface area contributed by atoms with Crippen molar-refractivity contribution in [3.05, 3.63) is 23.9 Å². The van der Waals surface area contributed by atoms with Crippen molar-refractivity contribution in [1.82, 2.24) is 10.2 Å².